The van der Waals surface area contributed by atoms with Crippen molar-refractivity contribution in [1.82, 2.24) is 4.37 Å². The van der Waals surface area contributed by atoms with Crippen LogP contribution >= 0.6 is 11.5 Å². The van der Waals surface area contributed by atoms with Crippen molar-refractivity contribution in [2.24, 2.45) is 5.73 Å². The van der Waals surface area contributed by atoms with Gasteiger partial charge in [-0.05, 0) is 24.5 Å². The van der Waals surface area contributed by atoms with Crippen LogP contribution in [0.5, 0.6) is 5.75 Å². The van der Waals surface area contributed by atoms with Gasteiger partial charge in [0.1, 0.15) is 12.4 Å². The first-order valence-electron chi connectivity index (χ1n) is 4.51. The van der Waals surface area contributed by atoms with Crippen molar-refractivity contribution < 1.29 is 4.74 Å². The Morgan fingerprint density at radius 1 is 1.50 bits per heavy atom. The molecule has 0 amide bonds. The minimum absolute atomic E-state index is 0.536. The van der Waals surface area contributed by atoms with Gasteiger partial charge in [0.25, 0.3) is 0 Å². The van der Waals surface area contributed by atoms with Crippen molar-refractivity contribution in [2.45, 2.75) is 6.92 Å². The summed E-state index contributed by atoms with van der Waals surface area (Å²) in [5.74, 6) is 0.888. The maximum Gasteiger partial charge on any atom is 0.138 e. The second-order valence-corrected chi connectivity index (χ2v) is 3.81. The number of nitrogens with zero attached hydrogens (tertiary/aromatic N) is 1. The molecule has 3 nitrogen and oxygen atoms in total. The second-order valence-electron chi connectivity index (χ2n) is 3.04. The van der Waals surface area contributed by atoms with Crippen LogP contribution in [0.4, 0.5) is 0 Å². The monoisotopic (exact) mass is 208 g/mol. The zero-order valence-electron chi connectivity index (χ0n) is 7.99. The molecule has 0 spiro atoms. The van der Waals surface area contributed by atoms with Gasteiger partial charge in [-0.25, -0.2) is 0 Å². The van der Waals surface area contributed by atoms with Gasteiger partial charge >= 0.3 is 0 Å². The molecular weight excluding hydrogens is 196 g/mol. The number of aromatic nitrogens is 1. The van der Waals surface area contributed by atoms with E-state index in [1.807, 2.05) is 19.1 Å². The van der Waals surface area contributed by atoms with Crippen LogP contribution in [0.1, 0.15) is 5.69 Å². The first-order valence-corrected chi connectivity index (χ1v) is 5.28. The topological polar surface area (TPSA) is 48.1 Å². The highest BCUT2D eigenvalue weighted by Crippen LogP contribution is 2.30. The summed E-state index contributed by atoms with van der Waals surface area (Å²) in [7, 11) is 0. The van der Waals surface area contributed by atoms with Crippen LogP contribution in [0, 0.1) is 6.92 Å². The Morgan fingerprint density at radius 2 is 2.36 bits per heavy atom. The van der Waals surface area contributed by atoms with Crippen molar-refractivity contribution in [3.63, 3.8) is 0 Å². The van der Waals surface area contributed by atoms with E-state index in [-0.39, 0.29) is 0 Å². The molecule has 2 N–H and O–H groups in total. The summed E-state index contributed by atoms with van der Waals surface area (Å²) in [6, 6.07) is 5.99. The molecule has 14 heavy (non-hydrogen) atoms. The number of hydrogen-bond acceptors (Lipinski definition) is 4. The molecule has 0 bridgehead atoms. The summed E-state index contributed by atoms with van der Waals surface area (Å²) in [6.07, 6.45) is 0. The summed E-state index contributed by atoms with van der Waals surface area (Å²) < 4.78 is 10.9. The minimum Gasteiger partial charge on any atom is -0.491 e. The molecule has 0 fully saturated rings. The van der Waals surface area contributed by atoms with E-state index in [1.165, 1.54) is 16.9 Å². The molecule has 0 radical (unpaired) electrons. The van der Waals surface area contributed by atoms with Crippen LogP contribution < -0.4 is 10.5 Å². The van der Waals surface area contributed by atoms with E-state index in [0.29, 0.717) is 13.2 Å². The average Bonchev–Trinajstić information content (AvgIpc) is 2.58. The van der Waals surface area contributed by atoms with Gasteiger partial charge in [0.05, 0.1) is 10.4 Å². The molecule has 0 unspecified atom stereocenters. The number of fused-ring (bicyclic) bond motifs is 1. The summed E-state index contributed by atoms with van der Waals surface area (Å²) in [4.78, 5) is 0. The summed E-state index contributed by atoms with van der Waals surface area (Å²) in [6.45, 7) is 3.09. The highest BCUT2D eigenvalue weighted by molar-refractivity contribution is 7.13. The lowest BCUT2D eigenvalue weighted by Crippen LogP contribution is -2.10. The Morgan fingerprint density at radius 3 is 3.14 bits per heavy atom. The van der Waals surface area contributed by atoms with Crippen LogP contribution in [0.3, 0.4) is 0 Å². The van der Waals surface area contributed by atoms with E-state index in [0.717, 1.165) is 16.1 Å². The van der Waals surface area contributed by atoms with Crippen LogP contribution in [-0.4, -0.2) is 17.5 Å². The number of rotatable bonds is 3. The lowest BCUT2D eigenvalue weighted by Gasteiger charge is -2.04. The summed E-state index contributed by atoms with van der Waals surface area (Å²) in [5.41, 5.74) is 6.45. The second kappa shape index (κ2) is 3.94. The van der Waals surface area contributed by atoms with Gasteiger partial charge in [-0.15, -0.1) is 0 Å². The van der Waals surface area contributed by atoms with Crippen LogP contribution in [-0.2, 0) is 0 Å². The van der Waals surface area contributed by atoms with Gasteiger partial charge < -0.3 is 10.5 Å². The average molecular weight is 208 g/mol. The lowest BCUT2D eigenvalue weighted by molar-refractivity contribution is 0.332. The third-order valence-electron chi connectivity index (χ3n) is 2.02. The van der Waals surface area contributed by atoms with Crippen molar-refractivity contribution in [1.29, 1.82) is 0 Å². The van der Waals surface area contributed by atoms with Crippen LogP contribution in [0.15, 0.2) is 18.2 Å². The third kappa shape index (κ3) is 1.58. The van der Waals surface area contributed by atoms with Crippen molar-refractivity contribution >= 4 is 21.6 Å². The van der Waals surface area contributed by atoms with E-state index in [2.05, 4.69) is 10.4 Å². The molecule has 0 aliphatic carbocycles. The standard InChI is InChI=1S/C10H12N2OS/c1-7-8-3-2-4-9(13-6-5-11)10(8)14-12-7/h2-4H,5-6,11H2,1H3. The van der Waals surface area contributed by atoms with E-state index in [1.54, 1.807) is 0 Å². The Bertz CT molecular complexity index is 439. The first kappa shape index (κ1) is 9.43. The van der Waals surface area contributed by atoms with Gasteiger partial charge in [-0.3, -0.25) is 0 Å². The smallest absolute Gasteiger partial charge is 0.138 e. The third-order valence-corrected chi connectivity index (χ3v) is 2.99. The molecule has 74 valence electrons. The van der Waals surface area contributed by atoms with E-state index in [4.69, 9.17) is 10.5 Å². The Labute approximate surface area is 86.7 Å². The number of aryl methyl sites for hydroxylation is 1. The fourth-order valence-electron chi connectivity index (χ4n) is 1.34. The molecule has 0 atom stereocenters. The predicted octanol–water partition coefficient (Wildman–Crippen LogP) is 1.94. The molecule has 1 aromatic carbocycles. The number of ether oxygens (including phenoxy) is 1. The van der Waals surface area contributed by atoms with Gasteiger partial charge in [0.15, 0.2) is 0 Å². The van der Waals surface area contributed by atoms with Crippen molar-refractivity contribution in [3.8, 4) is 5.75 Å². The quantitative estimate of drug-likeness (QED) is 0.838. The van der Waals surface area contributed by atoms with E-state index in [9.17, 15) is 0 Å². The Kier molecular flexibility index (Phi) is 2.65. The molecule has 4 heteroatoms. The highest BCUT2D eigenvalue weighted by Gasteiger charge is 2.06. The Balaban J connectivity index is 2.44. The van der Waals surface area contributed by atoms with Gasteiger partial charge in [0, 0.05) is 11.9 Å². The molecule has 1 aromatic heterocycles. The molecule has 0 saturated heterocycles. The van der Waals surface area contributed by atoms with Crippen LogP contribution in [0.25, 0.3) is 10.1 Å². The van der Waals surface area contributed by atoms with E-state index < -0.39 is 0 Å². The van der Waals surface area contributed by atoms with Gasteiger partial charge in [0.2, 0.25) is 0 Å². The zero-order chi connectivity index (χ0) is 9.97. The van der Waals surface area contributed by atoms with Crippen molar-refractivity contribution in [2.75, 3.05) is 13.2 Å². The number of benzene rings is 1. The molecule has 0 aliphatic rings. The molecule has 0 saturated carbocycles. The fourth-order valence-corrected chi connectivity index (χ4v) is 2.20. The summed E-state index contributed by atoms with van der Waals surface area (Å²) >= 11 is 1.48. The lowest BCUT2D eigenvalue weighted by atomic mass is 10.2. The maximum atomic E-state index is 5.53. The van der Waals surface area contributed by atoms with Gasteiger partial charge in [-0.1, -0.05) is 12.1 Å². The maximum absolute atomic E-state index is 5.53. The number of hydrogen-bond donors (Lipinski definition) is 1. The SMILES string of the molecule is Cc1nsc2c(OCCN)cccc12. The molecular formula is C10H12N2OS. The minimum atomic E-state index is 0.536. The predicted molar refractivity (Wildman–Crippen MR) is 58.9 cm³/mol. The van der Waals surface area contributed by atoms with Gasteiger partial charge in [-0.2, -0.15) is 4.37 Å². The zero-order valence-corrected chi connectivity index (χ0v) is 8.80. The fraction of sp³-hybridized carbons (Fsp3) is 0.300. The summed E-state index contributed by atoms with van der Waals surface area (Å²) in [5, 5.41) is 1.17. The molecule has 2 aromatic rings. The largest absolute Gasteiger partial charge is 0.491 e. The molecule has 1 heterocycles. The Hall–Kier alpha value is -1.13. The molecule has 0 aliphatic heterocycles. The number of nitrogens with two attached hydrogens (primary N) is 1. The van der Waals surface area contributed by atoms with E-state index >= 15 is 0 Å². The highest BCUT2D eigenvalue weighted by atomic mass is 32.1. The normalized spacial score (nSPS) is 10.7. The van der Waals surface area contributed by atoms with Crippen LogP contribution in [0.2, 0.25) is 0 Å². The van der Waals surface area contributed by atoms with Crippen molar-refractivity contribution in [3.05, 3.63) is 23.9 Å². The molecule has 2 rings (SSSR count). The first-order chi connectivity index (χ1) is 6.83.